The molecule has 3 rings (SSSR count). The Labute approximate surface area is 142 Å². The first-order chi connectivity index (χ1) is 11.6. The lowest BCUT2D eigenvalue weighted by Gasteiger charge is -2.39. The Balaban J connectivity index is 1.64. The van der Waals surface area contributed by atoms with Crippen molar-refractivity contribution in [2.45, 2.75) is 25.3 Å². The van der Waals surface area contributed by atoms with Crippen LogP contribution < -0.4 is 0 Å². The number of hydrogen-bond donors (Lipinski definition) is 1. The number of hydrogen-bond acceptors (Lipinski definition) is 3. The summed E-state index contributed by atoms with van der Waals surface area (Å²) in [6.45, 7) is 4.50. The number of likely N-dealkylation sites (tertiary alicyclic amines) is 1. The minimum Gasteiger partial charge on any atom is -0.479 e. The van der Waals surface area contributed by atoms with Gasteiger partial charge in [-0.15, -0.1) is 0 Å². The Kier molecular flexibility index (Phi) is 4.81. The molecule has 0 unspecified atom stereocenters. The molecule has 5 nitrogen and oxygen atoms in total. The first-order valence-electron chi connectivity index (χ1n) is 8.28. The molecule has 0 bridgehead atoms. The maximum Gasteiger partial charge on any atom is 0.331 e. The van der Waals surface area contributed by atoms with Crippen molar-refractivity contribution in [2.24, 2.45) is 0 Å². The molecule has 24 heavy (non-hydrogen) atoms. The summed E-state index contributed by atoms with van der Waals surface area (Å²) in [5.41, 5.74) is 1.57. The SMILES string of the molecule is C/C(=C\c1ccccc1)CN1CCC(C(=O)O)(n2cccn2)CC1. The number of aromatic nitrogens is 2. The van der Waals surface area contributed by atoms with Gasteiger partial charge in [-0.1, -0.05) is 42.0 Å². The highest BCUT2D eigenvalue weighted by Crippen LogP contribution is 2.30. The highest BCUT2D eigenvalue weighted by Gasteiger charge is 2.43. The Hall–Kier alpha value is -2.40. The second kappa shape index (κ2) is 7.01. The third-order valence-electron chi connectivity index (χ3n) is 4.71. The number of benzene rings is 1. The van der Waals surface area contributed by atoms with Crippen LogP contribution in [0.1, 0.15) is 25.3 Å². The van der Waals surface area contributed by atoms with Crippen LogP contribution in [-0.4, -0.2) is 45.4 Å². The summed E-state index contributed by atoms with van der Waals surface area (Å²) in [7, 11) is 0. The summed E-state index contributed by atoms with van der Waals surface area (Å²) in [5, 5.41) is 13.9. The van der Waals surface area contributed by atoms with Gasteiger partial charge in [0.15, 0.2) is 5.54 Å². The molecule has 126 valence electrons. The summed E-state index contributed by atoms with van der Waals surface area (Å²) in [6, 6.07) is 12.0. The van der Waals surface area contributed by atoms with Crippen LogP contribution in [0.3, 0.4) is 0 Å². The van der Waals surface area contributed by atoms with Crippen molar-refractivity contribution in [1.29, 1.82) is 0 Å². The smallest absolute Gasteiger partial charge is 0.331 e. The van der Waals surface area contributed by atoms with Crippen molar-refractivity contribution in [3.8, 4) is 0 Å². The molecule has 0 atom stereocenters. The molecule has 0 radical (unpaired) electrons. The number of rotatable bonds is 5. The second-order valence-corrected chi connectivity index (χ2v) is 6.46. The Morgan fingerprint density at radius 2 is 1.96 bits per heavy atom. The monoisotopic (exact) mass is 325 g/mol. The van der Waals surface area contributed by atoms with Gasteiger partial charge in [-0.2, -0.15) is 5.10 Å². The molecular weight excluding hydrogens is 302 g/mol. The Bertz CT molecular complexity index is 699. The van der Waals surface area contributed by atoms with Crippen LogP contribution >= 0.6 is 0 Å². The molecule has 1 aliphatic heterocycles. The van der Waals surface area contributed by atoms with Crippen LogP contribution in [-0.2, 0) is 10.3 Å². The van der Waals surface area contributed by atoms with Gasteiger partial charge in [0.1, 0.15) is 0 Å². The maximum atomic E-state index is 11.9. The fourth-order valence-electron chi connectivity index (χ4n) is 3.38. The first-order valence-corrected chi connectivity index (χ1v) is 8.28. The Morgan fingerprint density at radius 1 is 1.25 bits per heavy atom. The molecule has 0 saturated carbocycles. The molecule has 1 saturated heterocycles. The number of carbonyl (C=O) groups is 1. The average molecular weight is 325 g/mol. The summed E-state index contributed by atoms with van der Waals surface area (Å²) < 4.78 is 1.61. The number of piperidine rings is 1. The normalized spacial score (nSPS) is 18.5. The summed E-state index contributed by atoms with van der Waals surface area (Å²) >= 11 is 0. The summed E-state index contributed by atoms with van der Waals surface area (Å²) in [6.07, 6.45) is 6.73. The summed E-state index contributed by atoms with van der Waals surface area (Å²) in [4.78, 5) is 14.2. The molecule has 2 heterocycles. The molecule has 1 aliphatic rings. The zero-order valence-electron chi connectivity index (χ0n) is 13.9. The van der Waals surface area contributed by atoms with Gasteiger partial charge in [0.2, 0.25) is 0 Å². The van der Waals surface area contributed by atoms with Crippen molar-refractivity contribution in [2.75, 3.05) is 19.6 Å². The van der Waals surface area contributed by atoms with E-state index in [9.17, 15) is 9.90 Å². The van der Waals surface area contributed by atoms with E-state index in [1.807, 2.05) is 18.2 Å². The van der Waals surface area contributed by atoms with E-state index in [2.05, 4.69) is 35.1 Å². The molecule has 1 N–H and O–H groups in total. The van der Waals surface area contributed by atoms with E-state index in [1.165, 1.54) is 11.1 Å². The minimum atomic E-state index is -0.906. The second-order valence-electron chi connectivity index (χ2n) is 6.46. The zero-order valence-corrected chi connectivity index (χ0v) is 13.9. The molecule has 5 heteroatoms. The van der Waals surface area contributed by atoms with Crippen molar-refractivity contribution in [1.82, 2.24) is 14.7 Å². The zero-order chi connectivity index (χ0) is 17.0. The fraction of sp³-hybridized carbons (Fsp3) is 0.368. The molecule has 0 amide bonds. The van der Waals surface area contributed by atoms with E-state index in [4.69, 9.17) is 0 Å². The lowest BCUT2D eigenvalue weighted by Crippen LogP contribution is -2.51. The number of nitrogens with zero attached hydrogens (tertiary/aromatic N) is 3. The van der Waals surface area contributed by atoms with E-state index < -0.39 is 11.5 Å². The van der Waals surface area contributed by atoms with Crippen LogP contribution in [0.2, 0.25) is 0 Å². The van der Waals surface area contributed by atoms with Crippen molar-refractivity contribution >= 4 is 12.0 Å². The maximum absolute atomic E-state index is 11.9. The van der Waals surface area contributed by atoms with Gasteiger partial charge in [0, 0.05) is 32.0 Å². The van der Waals surface area contributed by atoms with Gasteiger partial charge in [0.05, 0.1) is 0 Å². The van der Waals surface area contributed by atoms with Gasteiger partial charge in [-0.05, 0) is 31.4 Å². The molecular formula is C19H23N3O2. The van der Waals surface area contributed by atoms with Crippen LogP contribution in [0, 0.1) is 0 Å². The van der Waals surface area contributed by atoms with Crippen LogP contribution in [0.15, 0.2) is 54.4 Å². The number of carboxylic acid groups (broad SMARTS) is 1. The van der Waals surface area contributed by atoms with Crippen LogP contribution in [0.5, 0.6) is 0 Å². The van der Waals surface area contributed by atoms with Crippen molar-refractivity contribution in [3.63, 3.8) is 0 Å². The highest BCUT2D eigenvalue weighted by atomic mass is 16.4. The van der Waals surface area contributed by atoms with Crippen LogP contribution in [0.25, 0.3) is 6.08 Å². The molecule has 0 aliphatic carbocycles. The van der Waals surface area contributed by atoms with E-state index in [0.29, 0.717) is 12.8 Å². The van der Waals surface area contributed by atoms with E-state index in [-0.39, 0.29) is 0 Å². The molecule has 1 aromatic heterocycles. The predicted octanol–water partition coefficient (Wildman–Crippen LogP) is 2.86. The lowest BCUT2D eigenvalue weighted by atomic mass is 9.87. The molecule has 1 aromatic carbocycles. The first kappa shape index (κ1) is 16.5. The van der Waals surface area contributed by atoms with Crippen LogP contribution in [0.4, 0.5) is 0 Å². The number of aliphatic carboxylic acids is 1. The molecule has 2 aromatic rings. The summed E-state index contributed by atoms with van der Waals surface area (Å²) in [5.74, 6) is -0.789. The van der Waals surface area contributed by atoms with Gasteiger partial charge in [0.25, 0.3) is 0 Å². The van der Waals surface area contributed by atoms with Gasteiger partial charge < -0.3 is 5.11 Å². The average Bonchev–Trinajstić information content (AvgIpc) is 3.11. The largest absolute Gasteiger partial charge is 0.479 e. The quantitative estimate of drug-likeness (QED) is 0.918. The van der Waals surface area contributed by atoms with Gasteiger partial charge in [-0.3, -0.25) is 9.58 Å². The Morgan fingerprint density at radius 3 is 2.54 bits per heavy atom. The lowest BCUT2D eigenvalue weighted by molar-refractivity contribution is -0.151. The standard InChI is InChI=1S/C19H23N3O2/c1-16(14-17-6-3-2-4-7-17)15-21-12-8-19(9-13-21,18(23)24)22-11-5-10-20-22/h2-7,10-11,14H,8-9,12-13,15H2,1H3,(H,23,24)/b16-14+. The van der Waals surface area contributed by atoms with E-state index in [1.54, 1.807) is 23.1 Å². The van der Waals surface area contributed by atoms with E-state index in [0.717, 1.165) is 19.6 Å². The third kappa shape index (κ3) is 3.41. The minimum absolute atomic E-state index is 0.572. The number of carboxylic acids is 1. The van der Waals surface area contributed by atoms with Crippen molar-refractivity contribution < 1.29 is 9.90 Å². The van der Waals surface area contributed by atoms with E-state index >= 15 is 0 Å². The molecule has 1 fully saturated rings. The highest BCUT2D eigenvalue weighted by molar-refractivity contribution is 5.76. The topological polar surface area (TPSA) is 58.4 Å². The third-order valence-corrected chi connectivity index (χ3v) is 4.71. The van der Waals surface area contributed by atoms with Gasteiger partial charge >= 0.3 is 5.97 Å². The van der Waals surface area contributed by atoms with Gasteiger partial charge in [-0.25, -0.2) is 4.79 Å². The predicted molar refractivity (Wildman–Crippen MR) is 93.6 cm³/mol. The molecule has 0 spiro atoms. The van der Waals surface area contributed by atoms with Crippen molar-refractivity contribution in [3.05, 3.63) is 59.9 Å². The fourth-order valence-corrected chi connectivity index (χ4v) is 3.38.